The largest absolute Gasteiger partial charge is 0.456 e. The molecule has 6 nitrogen and oxygen atoms in total. The number of aryl methyl sites for hydroxylation is 1. The highest BCUT2D eigenvalue weighted by molar-refractivity contribution is 5.94. The molecule has 2 amide bonds. The first-order chi connectivity index (χ1) is 9.08. The Kier molecular flexibility index (Phi) is 4.21. The van der Waals surface area contributed by atoms with Gasteiger partial charge in [0.25, 0.3) is 5.91 Å². The lowest BCUT2D eigenvalue weighted by molar-refractivity contribution is -0.119. The van der Waals surface area contributed by atoms with Crippen LogP contribution in [0.5, 0.6) is 0 Å². The number of rotatable bonds is 4. The van der Waals surface area contributed by atoms with Crippen molar-refractivity contribution in [3.8, 4) is 0 Å². The van der Waals surface area contributed by atoms with E-state index in [0.717, 1.165) is 25.9 Å². The van der Waals surface area contributed by atoms with E-state index in [1.807, 2.05) is 0 Å². The summed E-state index contributed by atoms with van der Waals surface area (Å²) in [7, 11) is 0. The Labute approximate surface area is 111 Å². The van der Waals surface area contributed by atoms with Crippen molar-refractivity contribution in [3.63, 3.8) is 0 Å². The van der Waals surface area contributed by atoms with Gasteiger partial charge in [-0.05, 0) is 45.0 Å². The molecule has 0 radical (unpaired) electrons. The summed E-state index contributed by atoms with van der Waals surface area (Å²) in [5.74, 6) is 0.166. The van der Waals surface area contributed by atoms with Crippen molar-refractivity contribution in [2.24, 2.45) is 5.73 Å². The molecule has 0 aliphatic carbocycles. The molecule has 0 spiro atoms. The second-order valence-corrected chi connectivity index (χ2v) is 4.79. The van der Waals surface area contributed by atoms with E-state index in [0.29, 0.717) is 5.76 Å². The number of nitrogens with two attached hydrogens (primary N) is 1. The average Bonchev–Trinajstić information content (AvgIpc) is 2.83. The molecule has 0 bridgehead atoms. The normalized spacial score (nSPS) is 16.3. The van der Waals surface area contributed by atoms with E-state index in [2.05, 4.69) is 5.32 Å². The van der Waals surface area contributed by atoms with Crippen LogP contribution in [0.1, 0.15) is 29.2 Å². The average molecular weight is 265 g/mol. The van der Waals surface area contributed by atoms with Crippen LogP contribution >= 0.6 is 0 Å². The van der Waals surface area contributed by atoms with Gasteiger partial charge in [-0.15, -0.1) is 0 Å². The fraction of sp³-hybridized carbons (Fsp3) is 0.538. The molecule has 2 heterocycles. The number of carbonyl (C=O) groups excluding carboxylic acids is 2. The molecule has 0 atom stereocenters. The topological polar surface area (TPSA) is 88.6 Å². The minimum absolute atomic E-state index is 0.0339. The monoisotopic (exact) mass is 265 g/mol. The quantitative estimate of drug-likeness (QED) is 0.817. The third-order valence-corrected chi connectivity index (χ3v) is 3.29. The van der Waals surface area contributed by atoms with Crippen molar-refractivity contribution >= 4 is 11.8 Å². The number of nitrogens with one attached hydrogen (secondary N) is 1. The standard InChI is InChI=1S/C13H19N3O3/c1-9-2-3-11(19-9)13(18)16(8-12(14)17)10-4-6-15-7-5-10/h2-3,10,15H,4-8H2,1H3,(H2,14,17). The third-order valence-electron chi connectivity index (χ3n) is 3.29. The first kappa shape index (κ1) is 13.6. The lowest BCUT2D eigenvalue weighted by Gasteiger charge is -2.33. The lowest BCUT2D eigenvalue weighted by Crippen LogP contribution is -2.49. The first-order valence-electron chi connectivity index (χ1n) is 6.44. The Morgan fingerprint density at radius 1 is 1.42 bits per heavy atom. The van der Waals surface area contributed by atoms with E-state index >= 15 is 0 Å². The summed E-state index contributed by atoms with van der Waals surface area (Å²) in [6.45, 7) is 3.39. The first-order valence-corrected chi connectivity index (χ1v) is 6.44. The van der Waals surface area contributed by atoms with Crippen molar-refractivity contribution in [1.29, 1.82) is 0 Å². The third kappa shape index (κ3) is 3.35. The fourth-order valence-corrected chi connectivity index (χ4v) is 2.34. The zero-order valence-corrected chi connectivity index (χ0v) is 11.0. The highest BCUT2D eigenvalue weighted by Gasteiger charge is 2.28. The van der Waals surface area contributed by atoms with Gasteiger partial charge in [0.05, 0.1) is 0 Å². The molecule has 104 valence electrons. The van der Waals surface area contributed by atoms with Crippen LogP contribution in [0, 0.1) is 6.92 Å². The van der Waals surface area contributed by atoms with Gasteiger partial charge in [0.2, 0.25) is 5.91 Å². The second kappa shape index (κ2) is 5.88. The minimum atomic E-state index is -0.504. The molecule has 1 aromatic heterocycles. The zero-order valence-electron chi connectivity index (χ0n) is 11.0. The summed E-state index contributed by atoms with van der Waals surface area (Å²) in [6.07, 6.45) is 1.64. The van der Waals surface area contributed by atoms with Crippen LogP contribution in [0.15, 0.2) is 16.5 Å². The number of amides is 2. The van der Waals surface area contributed by atoms with E-state index in [9.17, 15) is 9.59 Å². The van der Waals surface area contributed by atoms with E-state index in [1.165, 1.54) is 4.90 Å². The van der Waals surface area contributed by atoms with Crippen LogP contribution in [0.25, 0.3) is 0 Å². The molecule has 1 saturated heterocycles. The number of primary amides is 1. The Balaban J connectivity index is 2.16. The maximum absolute atomic E-state index is 12.4. The Morgan fingerprint density at radius 2 is 2.11 bits per heavy atom. The van der Waals surface area contributed by atoms with Crippen molar-refractivity contribution in [2.45, 2.75) is 25.8 Å². The van der Waals surface area contributed by atoms with E-state index in [1.54, 1.807) is 19.1 Å². The fourth-order valence-electron chi connectivity index (χ4n) is 2.34. The molecule has 1 aliphatic rings. The molecule has 1 aliphatic heterocycles. The van der Waals surface area contributed by atoms with Crippen LogP contribution < -0.4 is 11.1 Å². The summed E-state index contributed by atoms with van der Waals surface area (Å²) in [5, 5.41) is 3.23. The van der Waals surface area contributed by atoms with Gasteiger partial charge in [-0.2, -0.15) is 0 Å². The van der Waals surface area contributed by atoms with Crippen LogP contribution in [0.3, 0.4) is 0 Å². The second-order valence-electron chi connectivity index (χ2n) is 4.79. The predicted octanol–water partition coefficient (Wildman–Crippen LogP) is 0.268. The lowest BCUT2D eigenvalue weighted by atomic mass is 10.0. The van der Waals surface area contributed by atoms with Gasteiger partial charge >= 0.3 is 0 Å². The maximum atomic E-state index is 12.4. The van der Waals surface area contributed by atoms with E-state index < -0.39 is 5.91 Å². The number of hydrogen-bond donors (Lipinski definition) is 2. The predicted molar refractivity (Wildman–Crippen MR) is 69.6 cm³/mol. The smallest absolute Gasteiger partial charge is 0.290 e. The number of carbonyl (C=O) groups is 2. The molecule has 0 saturated carbocycles. The van der Waals surface area contributed by atoms with Crippen molar-refractivity contribution in [3.05, 3.63) is 23.7 Å². The SMILES string of the molecule is Cc1ccc(C(=O)N(CC(N)=O)C2CCNCC2)o1. The van der Waals surface area contributed by atoms with Crippen LogP contribution in [0.2, 0.25) is 0 Å². The van der Waals surface area contributed by atoms with Crippen LogP contribution in [-0.2, 0) is 4.79 Å². The number of nitrogens with zero attached hydrogens (tertiary/aromatic N) is 1. The molecule has 19 heavy (non-hydrogen) atoms. The van der Waals surface area contributed by atoms with Gasteiger partial charge in [0.1, 0.15) is 12.3 Å². The van der Waals surface area contributed by atoms with Gasteiger partial charge in [-0.1, -0.05) is 0 Å². The molecule has 0 aromatic carbocycles. The maximum Gasteiger partial charge on any atom is 0.290 e. The van der Waals surface area contributed by atoms with E-state index in [-0.39, 0.29) is 24.3 Å². The summed E-state index contributed by atoms with van der Waals surface area (Å²) in [5.41, 5.74) is 5.24. The number of piperidine rings is 1. The molecule has 1 fully saturated rings. The molecule has 1 aromatic rings. The Bertz CT molecular complexity index is 463. The summed E-state index contributed by atoms with van der Waals surface area (Å²) in [6, 6.07) is 3.40. The molecule has 0 unspecified atom stereocenters. The van der Waals surface area contributed by atoms with Crippen LogP contribution in [-0.4, -0.2) is 42.4 Å². The molecule has 3 N–H and O–H groups in total. The van der Waals surface area contributed by atoms with Gasteiger partial charge in [-0.3, -0.25) is 9.59 Å². The number of hydrogen-bond acceptors (Lipinski definition) is 4. The van der Waals surface area contributed by atoms with E-state index in [4.69, 9.17) is 10.2 Å². The molecule has 6 heteroatoms. The van der Waals surface area contributed by atoms with Gasteiger partial charge in [-0.25, -0.2) is 0 Å². The van der Waals surface area contributed by atoms with Gasteiger partial charge < -0.3 is 20.4 Å². The molecule has 2 rings (SSSR count). The molecular weight excluding hydrogens is 246 g/mol. The molecular formula is C13H19N3O3. The highest BCUT2D eigenvalue weighted by Crippen LogP contribution is 2.17. The summed E-state index contributed by atoms with van der Waals surface area (Å²) >= 11 is 0. The Hall–Kier alpha value is -1.82. The van der Waals surface area contributed by atoms with Gasteiger partial charge in [0.15, 0.2) is 5.76 Å². The summed E-state index contributed by atoms with van der Waals surface area (Å²) in [4.78, 5) is 25.1. The zero-order chi connectivity index (χ0) is 13.8. The number of furan rings is 1. The van der Waals surface area contributed by atoms with Crippen molar-refractivity contribution < 1.29 is 14.0 Å². The summed E-state index contributed by atoms with van der Waals surface area (Å²) < 4.78 is 5.34. The van der Waals surface area contributed by atoms with Crippen molar-refractivity contribution in [2.75, 3.05) is 19.6 Å². The Morgan fingerprint density at radius 3 is 2.63 bits per heavy atom. The van der Waals surface area contributed by atoms with Crippen molar-refractivity contribution in [1.82, 2.24) is 10.2 Å². The minimum Gasteiger partial charge on any atom is -0.456 e. The van der Waals surface area contributed by atoms with Crippen LogP contribution in [0.4, 0.5) is 0 Å². The van der Waals surface area contributed by atoms with Gasteiger partial charge in [0, 0.05) is 6.04 Å². The highest BCUT2D eigenvalue weighted by atomic mass is 16.3.